The van der Waals surface area contributed by atoms with E-state index in [0.29, 0.717) is 25.7 Å². The normalized spacial score (nSPS) is 14.0. The number of rotatable bonds is 22. The fourth-order valence-electron chi connectivity index (χ4n) is 4.71. The Kier molecular flexibility index (Phi) is 15.6. The minimum Gasteiger partial charge on any atom is -0.477 e. The number of carboxylic acids is 1. The Labute approximate surface area is 239 Å². The van der Waals surface area contributed by atoms with Crippen LogP contribution in [0.15, 0.2) is 34.7 Å². The highest BCUT2D eigenvalue weighted by atomic mass is 16.7. The summed E-state index contributed by atoms with van der Waals surface area (Å²) >= 11 is 0. The summed E-state index contributed by atoms with van der Waals surface area (Å²) in [5, 5.41) is 67.4. The summed E-state index contributed by atoms with van der Waals surface area (Å²) in [6.45, 7) is -1.93. The maximum absolute atomic E-state index is 12.9. The number of unbranched alkanes of at least 4 members (excludes halogenated alkanes) is 6. The van der Waals surface area contributed by atoms with Crippen LogP contribution in [0.3, 0.4) is 0 Å². The van der Waals surface area contributed by atoms with Crippen molar-refractivity contribution in [2.75, 3.05) is 13.3 Å². The van der Waals surface area contributed by atoms with Gasteiger partial charge in [0.25, 0.3) is 0 Å². The van der Waals surface area contributed by atoms with Gasteiger partial charge in [0.15, 0.2) is 11.4 Å². The molecule has 0 bridgehead atoms. The number of hydrogen-bond donors (Lipinski definition) is 3. The molecule has 3 N–H and O–H groups in total. The maximum Gasteiger partial charge on any atom is 0.362 e. The molecule has 2 atom stereocenters. The number of aromatic nitrogens is 1. The number of oxime groups is 2. The molecule has 2 unspecified atom stereocenters. The third-order valence-electron chi connectivity index (χ3n) is 6.63. The summed E-state index contributed by atoms with van der Waals surface area (Å²) in [5.41, 5.74) is -3.45. The molecule has 1 heterocycles. The summed E-state index contributed by atoms with van der Waals surface area (Å²) in [4.78, 5) is 59.8. The van der Waals surface area contributed by atoms with Crippen LogP contribution in [0.5, 0.6) is 0 Å². The molecule has 0 radical (unpaired) electrons. The number of hydrogen-bond acceptors (Lipinski definition) is 14. The average Bonchev–Trinajstić information content (AvgIpc) is 2.94. The molecule has 0 fully saturated rings. The van der Waals surface area contributed by atoms with Crippen LogP contribution < -0.4 is 0 Å². The lowest BCUT2D eigenvalue weighted by Crippen LogP contribution is -2.54. The van der Waals surface area contributed by atoms with Crippen molar-refractivity contribution in [3.63, 3.8) is 0 Å². The van der Waals surface area contributed by atoms with Gasteiger partial charge in [0.2, 0.25) is 12.6 Å². The molecule has 1 aromatic rings. The van der Waals surface area contributed by atoms with Gasteiger partial charge in [0.1, 0.15) is 5.41 Å². The number of pyridine rings is 1. The highest BCUT2D eigenvalue weighted by molar-refractivity contribution is 6.40. The molecule has 0 spiro atoms. The van der Waals surface area contributed by atoms with Crippen molar-refractivity contribution < 1.29 is 44.6 Å². The number of nitrogens with zero attached hydrogens (tertiary/aromatic N) is 6. The zero-order valence-electron chi connectivity index (χ0n) is 22.8. The van der Waals surface area contributed by atoms with Crippen LogP contribution in [0.25, 0.3) is 0 Å². The Bertz CT molecular complexity index is 1130. The van der Waals surface area contributed by atoms with E-state index in [2.05, 4.69) is 20.0 Å². The molecule has 232 valence electrons. The average molecular weight is 599 g/mol. The quantitative estimate of drug-likeness (QED) is 0.0329. The van der Waals surface area contributed by atoms with Crippen molar-refractivity contribution in [2.24, 2.45) is 10.3 Å². The van der Waals surface area contributed by atoms with Crippen molar-refractivity contribution in [3.8, 4) is 0 Å². The van der Waals surface area contributed by atoms with Gasteiger partial charge in [-0.15, -0.1) is 0 Å². The third kappa shape index (κ3) is 11.0. The van der Waals surface area contributed by atoms with E-state index in [1.807, 2.05) is 0 Å². The summed E-state index contributed by atoms with van der Waals surface area (Å²) in [7, 11) is 0. The standard InChI is InChI=1S/C24H34N6O12/c31-22(32)18(26-34)11-6-4-2-1-3-5-7-13-20(30(40)41)24(14-10-16-28(36)37,19-12-8-9-15-25-19)21(27-35)23(33)42-17-29(38)39/h8-9,12,15,20,34-35H,1-7,10-11,13-14,16-17H2,(H,31,32). The fraction of sp³-hybridized carbons (Fsp3) is 0.625. The smallest absolute Gasteiger partial charge is 0.362 e. The molecule has 0 aliphatic heterocycles. The largest absolute Gasteiger partial charge is 0.477 e. The van der Waals surface area contributed by atoms with Crippen molar-refractivity contribution in [1.29, 1.82) is 0 Å². The first-order valence-electron chi connectivity index (χ1n) is 13.1. The van der Waals surface area contributed by atoms with E-state index in [1.165, 1.54) is 24.4 Å². The summed E-state index contributed by atoms with van der Waals surface area (Å²) < 4.78 is 4.60. The van der Waals surface area contributed by atoms with Crippen LogP contribution in [0, 0.1) is 30.3 Å². The number of aliphatic carboxylic acids is 1. The lowest BCUT2D eigenvalue weighted by atomic mass is 9.68. The predicted molar refractivity (Wildman–Crippen MR) is 143 cm³/mol. The van der Waals surface area contributed by atoms with Gasteiger partial charge < -0.3 is 20.3 Å². The molecule has 18 nitrogen and oxygen atoms in total. The van der Waals surface area contributed by atoms with Crippen LogP contribution in [-0.2, 0) is 19.7 Å². The Morgan fingerprint density at radius 3 is 2.07 bits per heavy atom. The molecule has 0 amide bonds. The van der Waals surface area contributed by atoms with Crippen molar-refractivity contribution in [3.05, 3.63) is 60.4 Å². The van der Waals surface area contributed by atoms with Gasteiger partial charge in [-0.05, 0) is 31.4 Å². The lowest BCUT2D eigenvalue weighted by molar-refractivity contribution is -0.533. The molecule has 0 saturated heterocycles. The summed E-state index contributed by atoms with van der Waals surface area (Å²) in [6, 6.07) is 2.63. The van der Waals surface area contributed by atoms with Gasteiger partial charge >= 0.3 is 18.7 Å². The molecule has 42 heavy (non-hydrogen) atoms. The molecular weight excluding hydrogens is 564 g/mol. The minimum absolute atomic E-state index is 0.0898. The predicted octanol–water partition coefficient (Wildman–Crippen LogP) is 3.05. The van der Waals surface area contributed by atoms with E-state index in [9.17, 15) is 45.1 Å². The highest BCUT2D eigenvalue weighted by Gasteiger charge is 2.56. The fourth-order valence-corrected chi connectivity index (χ4v) is 4.71. The second-order valence-corrected chi connectivity index (χ2v) is 9.36. The van der Waals surface area contributed by atoms with Gasteiger partial charge in [0, 0.05) is 35.3 Å². The summed E-state index contributed by atoms with van der Waals surface area (Å²) in [6.07, 6.45) is 4.63. The molecule has 18 heteroatoms. The zero-order chi connectivity index (χ0) is 31.5. The van der Waals surface area contributed by atoms with Crippen molar-refractivity contribution in [1.82, 2.24) is 4.98 Å². The molecular formula is C24H34N6O12. The second-order valence-electron chi connectivity index (χ2n) is 9.36. The van der Waals surface area contributed by atoms with E-state index >= 15 is 0 Å². The summed E-state index contributed by atoms with van der Waals surface area (Å²) in [5.74, 6) is -2.79. The van der Waals surface area contributed by atoms with E-state index in [0.717, 1.165) is 12.8 Å². The second kappa shape index (κ2) is 18.6. The number of esters is 1. The lowest BCUT2D eigenvalue weighted by Gasteiger charge is -2.34. The van der Waals surface area contributed by atoms with Crippen LogP contribution in [0.1, 0.15) is 76.3 Å². The van der Waals surface area contributed by atoms with Crippen molar-refractivity contribution >= 4 is 23.4 Å². The van der Waals surface area contributed by atoms with Gasteiger partial charge in [-0.3, -0.25) is 35.3 Å². The first-order valence-corrected chi connectivity index (χ1v) is 13.1. The molecule has 1 rings (SSSR count). The number of nitro groups is 3. The van der Waals surface area contributed by atoms with Crippen LogP contribution >= 0.6 is 0 Å². The SMILES string of the molecule is O=C(O)C(CCCCCCCCCC([N+](=O)[O-])C(CCC[N+](=O)[O-])(C(=NO)C(=O)OC[N+](=O)[O-])c1ccccn1)=NO. The van der Waals surface area contributed by atoms with E-state index in [4.69, 9.17) is 10.3 Å². The Morgan fingerprint density at radius 2 is 1.57 bits per heavy atom. The topological polar surface area (TPSA) is 271 Å². The number of carboxylic acid groups (broad SMARTS) is 1. The van der Waals surface area contributed by atoms with E-state index in [1.54, 1.807) is 0 Å². The molecule has 0 aromatic carbocycles. The molecule has 0 aliphatic carbocycles. The van der Waals surface area contributed by atoms with E-state index < -0.39 is 63.6 Å². The van der Waals surface area contributed by atoms with Crippen LogP contribution in [-0.4, -0.2) is 78.0 Å². The molecule has 0 aliphatic rings. The molecule has 1 aromatic heterocycles. The minimum atomic E-state index is -2.11. The highest BCUT2D eigenvalue weighted by Crippen LogP contribution is 2.38. The van der Waals surface area contributed by atoms with Gasteiger partial charge in [-0.1, -0.05) is 48.5 Å². The Hall–Kier alpha value is -4.77. The van der Waals surface area contributed by atoms with Crippen LogP contribution in [0.2, 0.25) is 0 Å². The number of carbonyl (C=O) groups excluding carboxylic acids is 1. The Balaban J connectivity index is 3.14. The zero-order valence-corrected chi connectivity index (χ0v) is 22.8. The number of carbonyl (C=O) groups is 2. The third-order valence-corrected chi connectivity index (χ3v) is 6.63. The van der Waals surface area contributed by atoms with E-state index in [-0.39, 0.29) is 37.1 Å². The maximum atomic E-state index is 12.9. The van der Waals surface area contributed by atoms with Gasteiger partial charge in [-0.25, -0.2) is 9.59 Å². The number of ether oxygens (including phenoxy) is 1. The van der Waals surface area contributed by atoms with Gasteiger partial charge in [-0.2, -0.15) is 0 Å². The molecule has 0 saturated carbocycles. The monoisotopic (exact) mass is 598 g/mol. The van der Waals surface area contributed by atoms with Crippen molar-refractivity contribution in [2.45, 2.75) is 82.1 Å². The Morgan fingerprint density at radius 1 is 0.929 bits per heavy atom. The van der Waals surface area contributed by atoms with Crippen LogP contribution in [0.4, 0.5) is 0 Å². The first kappa shape index (κ1) is 35.3. The first-order chi connectivity index (χ1) is 20.0. The van der Waals surface area contributed by atoms with Gasteiger partial charge in [0.05, 0.1) is 10.6 Å².